The van der Waals surface area contributed by atoms with E-state index in [1.54, 1.807) is 6.07 Å². The van der Waals surface area contributed by atoms with Gasteiger partial charge in [0.2, 0.25) is 6.79 Å². The molecule has 3 aromatic rings. The highest BCUT2D eigenvalue weighted by atomic mass is 16.7. The SMILES string of the molecule is CC(C)(C)c1nc2c(CO)cccn2c1N=Nc1ccc2c(c1)OCO2. The molecule has 0 radical (unpaired) electrons. The van der Waals surface area contributed by atoms with Crippen molar-refractivity contribution in [1.29, 1.82) is 0 Å². The van der Waals surface area contributed by atoms with Gasteiger partial charge >= 0.3 is 0 Å². The average Bonchev–Trinajstić information content (AvgIpc) is 3.23. The van der Waals surface area contributed by atoms with E-state index in [9.17, 15) is 5.11 Å². The Hall–Kier alpha value is -2.93. The van der Waals surface area contributed by atoms with E-state index >= 15 is 0 Å². The molecule has 7 heteroatoms. The molecule has 0 saturated carbocycles. The Bertz CT molecular complexity index is 1000. The minimum absolute atomic E-state index is 0.0797. The van der Waals surface area contributed by atoms with Gasteiger partial charge in [-0.25, -0.2) is 4.98 Å². The molecule has 3 heterocycles. The average molecular weight is 352 g/mol. The molecule has 0 unspecified atom stereocenters. The fraction of sp³-hybridized carbons (Fsp3) is 0.316. The topological polar surface area (TPSA) is 80.7 Å². The van der Waals surface area contributed by atoms with Crippen molar-refractivity contribution in [2.45, 2.75) is 32.8 Å². The van der Waals surface area contributed by atoms with E-state index in [0.29, 0.717) is 28.7 Å². The number of fused-ring (bicyclic) bond motifs is 2. The lowest BCUT2D eigenvalue weighted by Crippen LogP contribution is -2.11. The summed E-state index contributed by atoms with van der Waals surface area (Å²) in [6, 6.07) is 9.17. The molecule has 1 aliphatic heterocycles. The Balaban J connectivity index is 1.82. The molecule has 4 rings (SSSR count). The predicted octanol–water partition coefficient (Wildman–Crippen LogP) is 4.27. The van der Waals surface area contributed by atoms with Gasteiger partial charge in [-0.2, -0.15) is 0 Å². The molecule has 0 bridgehead atoms. The zero-order valence-corrected chi connectivity index (χ0v) is 14.9. The van der Waals surface area contributed by atoms with E-state index in [2.05, 4.69) is 31.0 Å². The van der Waals surface area contributed by atoms with Crippen LogP contribution in [-0.4, -0.2) is 21.3 Å². The Labute approximate surface area is 150 Å². The number of pyridine rings is 1. The number of aliphatic hydroxyl groups excluding tert-OH is 1. The predicted molar refractivity (Wildman–Crippen MR) is 96.6 cm³/mol. The normalized spacial score (nSPS) is 13.8. The van der Waals surface area contributed by atoms with Crippen molar-refractivity contribution in [1.82, 2.24) is 9.38 Å². The third-order valence-electron chi connectivity index (χ3n) is 4.20. The number of rotatable bonds is 3. The van der Waals surface area contributed by atoms with Crippen LogP contribution in [0.2, 0.25) is 0 Å². The molecule has 0 saturated heterocycles. The largest absolute Gasteiger partial charge is 0.454 e. The Morgan fingerprint density at radius 3 is 2.73 bits per heavy atom. The minimum Gasteiger partial charge on any atom is -0.454 e. The van der Waals surface area contributed by atoms with Crippen LogP contribution in [0.5, 0.6) is 11.5 Å². The summed E-state index contributed by atoms with van der Waals surface area (Å²) in [5, 5.41) is 18.5. The number of hydrogen-bond donors (Lipinski definition) is 1. The number of hydrogen-bond acceptors (Lipinski definition) is 6. The van der Waals surface area contributed by atoms with E-state index in [1.807, 2.05) is 34.9 Å². The van der Waals surface area contributed by atoms with Gasteiger partial charge < -0.3 is 14.6 Å². The lowest BCUT2D eigenvalue weighted by molar-refractivity contribution is 0.174. The summed E-state index contributed by atoms with van der Waals surface area (Å²) in [6.45, 7) is 6.37. The van der Waals surface area contributed by atoms with Gasteiger partial charge in [0.15, 0.2) is 17.3 Å². The number of benzene rings is 1. The van der Waals surface area contributed by atoms with Crippen LogP contribution in [0, 0.1) is 0 Å². The third-order valence-corrected chi connectivity index (χ3v) is 4.20. The van der Waals surface area contributed by atoms with Crippen LogP contribution < -0.4 is 9.47 Å². The number of ether oxygens (including phenoxy) is 2. The van der Waals surface area contributed by atoms with Crippen molar-refractivity contribution < 1.29 is 14.6 Å². The molecule has 134 valence electrons. The zero-order valence-electron chi connectivity index (χ0n) is 14.9. The van der Waals surface area contributed by atoms with Gasteiger partial charge in [-0.3, -0.25) is 4.40 Å². The van der Waals surface area contributed by atoms with Crippen LogP contribution in [-0.2, 0) is 12.0 Å². The highest BCUT2D eigenvalue weighted by molar-refractivity contribution is 5.59. The van der Waals surface area contributed by atoms with Gasteiger partial charge in [0.05, 0.1) is 18.0 Å². The maximum absolute atomic E-state index is 9.60. The number of aliphatic hydroxyl groups is 1. The van der Waals surface area contributed by atoms with Crippen molar-refractivity contribution in [2.75, 3.05) is 6.79 Å². The third kappa shape index (κ3) is 2.80. The fourth-order valence-corrected chi connectivity index (χ4v) is 2.89. The van der Waals surface area contributed by atoms with Gasteiger partial charge in [0.25, 0.3) is 0 Å². The van der Waals surface area contributed by atoms with Gasteiger partial charge in [0.1, 0.15) is 5.65 Å². The summed E-state index contributed by atoms with van der Waals surface area (Å²) in [5.74, 6) is 2.03. The summed E-state index contributed by atoms with van der Waals surface area (Å²) in [7, 11) is 0. The van der Waals surface area contributed by atoms with Crippen molar-refractivity contribution in [2.24, 2.45) is 10.2 Å². The van der Waals surface area contributed by atoms with E-state index < -0.39 is 0 Å². The molecule has 1 aromatic carbocycles. The summed E-state index contributed by atoms with van der Waals surface area (Å²) in [4.78, 5) is 4.73. The second-order valence-corrected chi connectivity index (χ2v) is 7.16. The van der Waals surface area contributed by atoms with Crippen LogP contribution in [0.1, 0.15) is 32.0 Å². The molecule has 2 aromatic heterocycles. The maximum atomic E-state index is 9.60. The zero-order chi connectivity index (χ0) is 18.3. The second kappa shape index (κ2) is 6.10. The van der Waals surface area contributed by atoms with Crippen molar-refractivity contribution in [3.8, 4) is 11.5 Å². The number of aromatic nitrogens is 2. The number of imidazole rings is 1. The number of azo groups is 1. The van der Waals surface area contributed by atoms with Crippen LogP contribution in [0.25, 0.3) is 5.65 Å². The monoisotopic (exact) mass is 352 g/mol. The second-order valence-electron chi connectivity index (χ2n) is 7.16. The minimum atomic E-state index is -0.220. The van der Waals surface area contributed by atoms with Crippen LogP contribution >= 0.6 is 0 Å². The first-order valence-electron chi connectivity index (χ1n) is 8.40. The Morgan fingerprint density at radius 1 is 1.15 bits per heavy atom. The Kier molecular flexibility index (Phi) is 3.88. The highest BCUT2D eigenvalue weighted by Gasteiger charge is 2.25. The Morgan fingerprint density at radius 2 is 1.96 bits per heavy atom. The van der Waals surface area contributed by atoms with E-state index in [-0.39, 0.29) is 18.8 Å². The van der Waals surface area contributed by atoms with Gasteiger partial charge in [0, 0.05) is 23.2 Å². The summed E-state index contributed by atoms with van der Waals surface area (Å²) < 4.78 is 12.6. The summed E-state index contributed by atoms with van der Waals surface area (Å²) >= 11 is 0. The number of nitrogens with zero attached hydrogens (tertiary/aromatic N) is 4. The first-order chi connectivity index (χ1) is 12.5. The quantitative estimate of drug-likeness (QED) is 0.714. The molecule has 0 aliphatic carbocycles. The molecule has 0 atom stereocenters. The molecular formula is C19H20N4O3. The van der Waals surface area contributed by atoms with Crippen LogP contribution in [0.3, 0.4) is 0 Å². The molecule has 1 aliphatic rings. The van der Waals surface area contributed by atoms with Gasteiger partial charge in [-0.05, 0) is 18.2 Å². The maximum Gasteiger partial charge on any atom is 0.231 e. The van der Waals surface area contributed by atoms with Crippen molar-refractivity contribution >= 4 is 17.2 Å². The molecular weight excluding hydrogens is 332 g/mol. The highest BCUT2D eigenvalue weighted by Crippen LogP contribution is 2.37. The lowest BCUT2D eigenvalue weighted by atomic mass is 9.92. The first kappa shape index (κ1) is 16.5. The molecule has 26 heavy (non-hydrogen) atoms. The van der Waals surface area contributed by atoms with E-state index in [0.717, 1.165) is 11.3 Å². The van der Waals surface area contributed by atoms with Crippen molar-refractivity contribution in [3.05, 3.63) is 47.8 Å². The summed E-state index contributed by atoms with van der Waals surface area (Å²) in [5.41, 5.74) is 2.72. The van der Waals surface area contributed by atoms with Gasteiger partial charge in [-0.15, -0.1) is 10.2 Å². The van der Waals surface area contributed by atoms with Crippen LogP contribution in [0.4, 0.5) is 11.5 Å². The molecule has 1 N–H and O–H groups in total. The first-order valence-corrected chi connectivity index (χ1v) is 8.40. The van der Waals surface area contributed by atoms with Crippen LogP contribution in [0.15, 0.2) is 46.8 Å². The summed E-state index contributed by atoms with van der Waals surface area (Å²) in [6.07, 6.45) is 1.88. The van der Waals surface area contributed by atoms with E-state index in [4.69, 9.17) is 14.5 Å². The molecule has 7 nitrogen and oxygen atoms in total. The molecule has 0 amide bonds. The standard InChI is InChI=1S/C19H20N4O3/c1-19(2,3)16-18(23-8-4-5-12(10-24)17(23)20-16)22-21-13-6-7-14-15(9-13)26-11-25-14/h4-9,24H,10-11H2,1-3H3. The smallest absolute Gasteiger partial charge is 0.231 e. The van der Waals surface area contributed by atoms with Crippen molar-refractivity contribution in [3.63, 3.8) is 0 Å². The van der Waals surface area contributed by atoms with Gasteiger partial charge in [-0.1, -0.05) is 26.8 Å². The fourth-order valence-electron chi connectivity index (χ4n) is 2.89. The lowest BCUT2D eigenvalue weighted by Gasteiger charge is -2.15. The molecule has 0 spiro atoms. The van der Waals surface area contributed by atoms with E-state index in [1.165, 1.54) is 0 Å². The molecule has 0 fully saturated rings.